The van der Waals surface area contributed by atoms with Gasteiger partial charge >= 0.3 is 5.97 Å². The molecule has 1 aromatic rings. The minimum Gasteiger partial charge on any atom is -0.480 e. The number of hydrogen-bond donors (Lipinski definition) is 1. The van der Waals surface area contributed by atoms with E-state index in [0.29, 0.717) is 24.2 Å². The Kier molecular flexibility index (Phi) is 4.46. The minimum absolute atomic E-state index is 0.368. The Morgan fingerprint density at radius 1 is 1.39 bits per heavy atom. The molecular weight excluding hydrogens is 233 g/mol. The van der Waals surface area contributed by atoms with Gasteiger partial charge in [-0.1, -0.05) is 26.0 Å². The van der Waals surface area contributed by atoms with Gasteiger partial charge in [0, 0.05) is 0 Å². The van der Waals surface area contributed by atoms with Gasteiger partial charge in [0.15, 0.2) is 0 Å². The Morgan fingerprint density at radius 3 is 2.33 bits per heavy atom. The molecule has 0 saturated carbocycles. The van der Waals surface area contributed by atoms with Crippen LogP contribution < -0.4 is 0 Å². The van der Waals surface area contributed by atoms with E-state index < -0.39 is 11.5 Å². The van der Waals surface area contributed by atoms with Gasteiger partial charge in [0.05, 0.1) is 0 Å². The van der Waals surface area contributed by atoms with Crippen LogP contribution >= 0.6 is 0 Å². The van der Waals surface area contributed by atoms with Crippen molar-refractivity contribution in [3.05, 3.63) is 35.1 Å². The molecule has 1 rings (SSSR count). The van der Waals surface area contributed by atoms with Crippen LogP contribution in [0.25, 0.3) is 0 Å². The first-order chi connectivity index (χ1) is 8.37. The number of nitrogens with zero attached hydrogens (tertiary/aromatic N) is 1. The molecule has 0 bridgehead atoms. The van der Waals surface area contributed by atoms with Crippen molar-refractivity contribution in [1.29, 1.82) is 0 Å². The zero-order valence-corrected chi connectivity index (χ0v) is 11.3. The molecular formula is C14H20FNO2. The molecule has 1 aromatic carbocycles. The highest BCUT2D eigenvalue weighted by molar-refractivity contribution is 5.80. The molecule has 1 atom stereocenters. The summed E-state index contributed by atoms with van der Waals surface area (Å²) >= 11 is 0. The number of aryl methyl sites for hydroxylation is 1. The lowest BCUT2D eigenvalue weighted by molar-refractivity contribution is -0.151. The van der Waals surface area contributed by atoms with Gasteiger partial charge in [-0.05, 0) is 44.1 Å². The second-order valence-electron chi connectivity index (χ2n) is 4.51. The van der Waals surface area contributed by atoms with E-state index in [4.69, 9.17) is 0 Å². The summed E-state index contributed by atoms with van der Waals surface area (Å²) in [5.74, 6) is -1.33. The number of rotatable bonds is 5. The lowest BCUT2D eigenvalue weighted by atomic mass is 9.89. The predicted octanol–water partition coefficient (Wildman–Crippen LogP) is 2.78. The fraction of sp³-hybridized carbons (Fsp3) is 0.500. The molecule has 1 unspecified atom stereocenters. The number of carbonyl (C=O) groups is 1. The average molecular weight is 253 g/mol. The smallest absolute Gasteiger partial charge is 0.328 e. The van der Waals surface area contributed by atoms with Crippen LogP contribution in [0.15, 0.2) is 18.2 Å². The molecule has 100 valence electrons. The molecule has 0 fully saturated rings. The lowest BCUT2D eigenvalue weighted by Gasteiger charge is -2.37. The third kappa shape index (κ3) is 2.38. The Morgan fingerprint density at radius 2 is 1.94 bits per heavy atom. The highest BCUT2D eigenvalue weighted by atomic mass is 19.1. The molecule has 4 heteroatoms. The maximum Gasteiger partial charge on any atom is 0.328 e. The third-order valence-corrected chi connectivity index (χ3v) is 3.55. The molecule has 3 nitrogen and oxygen atoms in total. The Balaban J connectivity index is 3.35. The van der Waals surface area contributed by atoms with Gasteiger partial charge < -0.3 is 5.11 Å². The molecule has 0 amide bonds. The van der Waals surface area contributed by atoms with Crippen LogP contribution in [-0.2, 0) is 10.3 Å². The maximum absolute atomic E-state index is 13.6. The van der Waals surface area contributed by atoms with E-state index in [-0.39, 0.29) is 5.82 Å². The Hall–Kier alpha value is -1.42. The quantitative estimate of drug-likeness (QED) is 0.877. The summed E-state index contributed by atoms with van der Waals surface area (Å²) in [6, 6.07) is 4.63. The van der Waals surface area contributed by atoms with Crippen LogP contribution in [-0.4, -0.2) is 29.1 Å². The van der Waals surface area contributed by atoms with Crippen molar-refractivity contribution < 1.29 is 14.3 Å². The van der Waals surface area contributed by atoms with E-state index in [1.54, 1.807) is 30.9 Å². The van der Waals surface area contributed by atoms with Crippen molar-refractivity contribution in [3.63, 3.8) is 0 Å². The summed E-state index contributed by atoms with van der Waals surface area (Å²) in [5, 5.41) is 9.51. The van der Waals surface area contributed by atoms with Crippen molar-refractivity contribution in [3.8, 4) is 0 Å². The van der Waals surface area contributed by atoms with Gasteiger partial charge in [-0.2, -0.15) is 0 Å². The zero-order valence-electron chi connectivity index (χ0n) is 11.3. The molecule has 0 aromatic heterocycles. The largest absolute Gasteiger partial charge is 0.480 e. The van der Waals surface area contributed by atoms with Gasteiger partial charge in [0.2, 0.25) is 0 Å². The number of halogens is 1. The first-order valence-electron chi connectivity index (χ1n) is 6.13. The molecule has 0 heterocycles. The topological polar surface area (TPSA) is 40.5 Å². The SMILES string of the molecule is CCN(CC)C(C)(C(=O)O)c1ccc(C)c(F)c1. The molecule has 18 heavy (non-hydrogen) atoms. The number of benzene rings is 1. The second kappa shape index (κ2) is 5.48. The summed E-state index contributed by atoms with van der Waals surface area (Å²) in [4.78, 5) is 13.4. The fourth-order valence-corrected chi connectivity index (χ4v) is 2.19. The maximum atomic E-state index is 13.6. The van der Waals surface area contributed by atoms with Gasteiger partial charge in [0.25, 0.3) is 0 Å². The molecule has 0 aliphatic heterocycles. The van der Waals surface area contributed by atoms with Gasteiger partial charge in [-0.25, -0.2) is 9.18 Å². The van der Waals surface area contributed by atoms with Crippen molar-refractivity contribution in [2.45, 2.75) is 33.2 Å². The first kappa shape index (κ1) is 14.6. The molecule has 0 radical (unpaired) electrons. The number of likely N-dealkylation sites (N-methyl/N-ethyl adjacent to an activating group) is 1. The van der Waals surface area contributed by atoms with Gasteiger partial charge in [-0.15, -0.1) is 0 Å². The van der Waals surface area contributed by atoms with E-state index in [2.05, 4.69) is 0 Å². The lowest BCUT2D eigenvalue weighted by Crippen LogP contribution is -2.49. The van der Waals surface area contributed by atoms with Crippen LogP contribution in [0.5, 0.6) is 0 Å². The van der Waals surface area contributed by atoms with Crippen LogP contribution in [0.1, 0.15) is 31.9 Å². The van der Waals surface area contributed by atoms with Crippen molar-refractivity contribution in [2.75, 3.05) is 13.1 Å². The number of carboxylic acid groups (broad SMARTS) is 1. The summed E-state index contributed by atoms with van der Waals surface area (Å²) in [7, 11) is 0. The molecule has 0 spiro atoms. The summed E-state index contributed by atoms with van der Waals surface area (Å²) in [5.41, 5.74) is -0.203. The van der Waals surface area contributed by atoms with E-state index in [1.807, 2.05) is 13.8 Å². The van der Waals surface area contributed by atoms with E-state index >= 15 is 0 Å². The third-order valence-electron chi connectivity index (χ3n) is 3.55. The summed E-state index contributed by atoms with van der Waals surface area (Å²) in [6.07, 6.45) is 0. The van der Waals surface area contributed by atoms with Crippen LogP contribution in [0, 0.1) is 12.7 Å². The standard InChI is InChI=1S/C14H20FNO2/c1-5-16(6-2)14(4,13(17)18)11-8-7-10(3)12(15)9-11/h7-9H,5-6H2,1-4H3,(H,17,18). The van der Waals surface area contributed by atoms with Crippen LogP contribution in [0.4, 0.5) is 4.39 Å². The van der Waals surface area contributed by atoms with E-state index in [0.717, 1.165) is 0 Å². The molecule has 1 N–H and O–H groups in total. The number of aliphatic carboxylic acids is 1. The summed E-state index contributed by atoms with van der Waals surface area (Å²) < 4.78 is 13.6. The van der Waals surface area contributed by atoms with Crippen LogP contribution in [0.2, 0.25) is 0 Å². The monoisotopic (exact) mass is 253 g/mol. The van der Waals surface area contributed by atoms with E-state index in [9.17, 15) is 14.3 Å². The highest BCUT2D eigenvalue weighted by Gasteiger charge is 2.40. The molecule has 0 aliphatic rings. The van der Waals surface area contributed by atoms with Crippen molar-refractivity contribution >= 4 is 5.97 Å². The van der Waals surface area contributed by atoms with Crippen molar-refractivity contribution in [1.82, 2.24) is 4.90 Å². The Labute approximate surface area is 107 Å². The van der Waals surface area contributed by atoms with Crippen LogP contribution in [0.3, 0.4) is 0 Å². The predicted molar refractivity (Wildman–Crippen MR) is 69.0 cm³/mol. The highest BCUT2D eigenvalue weighted by Crippen LogP contribution is 2.29. The fourth-order valence-electron chi connectivity index (χ4n) is 2.19. The zero-order chi connectivity index (χ0) is 13.9. The van der Waals surface area contributed by atoms with Gasteiger partial charge in [-0.3, -0.25) is 4.90 Å². The molecule has 0 saturated heterocycles. The summed E-state index contributed by atoms with van der Waals surface area (Å²) in [6.45, 7) is 8.26. The second-order valence-corrected chi connectivity index (χ2v) is 4.51. The normalized spacial score (nSPS) is 14.6. The average Bonchev–Trinajstić information content (AvgIpc) is 2.33. The number of hydrogen-bond acceptors (Lipinski definition) is 2. The minimum atomic E-state index is -1.20. The first-order valence-corrected chi connectivity index (χ1v) is 6.13. The molecule has 0 aliphatic carbocycles. The van der Waals surface area contributed by atoms with E-state index in [1.165, 1.54) is 6.07 Å². The van der Waals surface area contributed by atoms with Gasteiger partial charge in [0.1, 0.15) is 11.4 Å². The van der Waals surface area contributed by atoms with Crippen molar-refractivity contribution in [2.24, 2.45) is 0 Å². The number of carboxylic acids is 1. The Bertz CT molecular complexity index is 443.